The summed E-state index contributed by atoms with van der Waals surface area (Å²) in [4.78, 5) is 17.9. The van der Waals surface area contributed by atoms with Crippen LogP contribution < -0.4 is 20.0 Å². The molecule has 30 heavy (non-hydrogen) atoms. The molecule has 1 saturated carbocycles. The Morgan fingerprint density at radius 3 is 2.47 bits per heavy atom. The number of phenols is 1. The number of nitrogens with zero attached hydrogens (tertiary/aromatic N) is 1. The van der Waals surface area contributed by atoms with Gasteiger partial charge in [-0.1, -0.05) is 18.6 Å². The summed E-state index contributed by atoms with van der Waals surface area (Å²) < 4.78 is 5.58. The lowest BCUT2D eigenvalue weighted by atomic mass is 9.79. The summed E-state index contributed by atoms with van der Waals surface area (Å²) in [7, 11) is 0. The number of carbonyl (C=O) groups is 1. The zero-order valence-corrected chi connectivity index (χ0v) is 18.1. The first kappa shape index (κ1) is 21.4. The fourth-order valence-corrected chi connectivity index (χ4v) is 5.56. The van der Waals surface area contributed by atoms with E-state index in [1.165, 1.54) is 37.0 Å². The predicted molar refractivity (Wildman–Crippen MR) is 116 cm³/mol. The van der Waals surface area contributed by atoms with E-state index in [9.17, 15) is 9.90 Å². The van der Waals surface area contributed by atoms with Crippen molar-refractivity contribution in [2.24, 2.45) is 0 Å². The monoisotopic (exact) mass is 418 g/mol. The third-order valence-corrected chi connectivity index (χ3v) is 7.38. The predicted octanol–water partition coefficient (Wildman–Crippen LogP) is -1.17. The van der Waals surface area contributed by atoms with E-state index in [4.69, 9.17) is 4.74 Å². The number of amides is 1. The number of nitrogens with one attached hydrogen (secondary N) is 3. The fraction of sp³-hybridized carbons (Fsp3) is 0.696. The number of piperazine rings is 1. The molecule has 7 heteroatoms. The maximum absolute atomic E-state index is 12.8. The van der Waals surface area contributed by atoms with Crippen LogP contribution in [0.4, 0.5) is 5.69 Å². The van der Waals surface area contributed by atoms with Gasteiger partial charge in [0, 0.05) is 12.8 Å². The number of para-hydroxylation sites is 2. The molecule has 1 aromatic rings. The van der Waals surface area contributed by atoms with E-state index >= 15 is 0 Å². The maximum Gasteiger partial charge on any atom is 0.275 e. The summed E-state index contributed by atoms with van der Waals surface area (Å²) in [6, 6.07) is 7.51. The van der Waals surface area contributed by atoms with Crippen molar-refractivity contribution < 1.29 is 24.4 Å². The van der Waals surface area contributed by atoms with Crippen molar-refractivity contribution in [3.05, 3.63) is 24.3 Å². The van der Waals surface area contributed by atoms with Crippen LogP contribution in [0.25, 0.3) is 0 Å². The van der Waals surface area contributed by atoms with Gasteiger partial charge in [-0.15, -0.1) is 0 Å². The standard InChI is InChI=1S/C23H36N4O3/c28-21-7-3-2-6-20(21)26-12-10-25(11-13-26)18-22(29)24-19-23(8-4-1-5-9-23)27-14-16-30-17-15-27/h2-3,6-7,28H,1,4-5,8-19H2,(H,24,29)/p+2. The van der Waals surface area contributed by atoms with Gasteiger partial charge in [-0.25, -0.2) is 0 Å². The largest absolute Gasteiger partial charge is 0.506 e. The number of benzene rings is 1. The summed E-state index contributed by atoms with van der Waals surface area (Å²) in [5, 5.41) is 13.4. The number of hydrogen-bond acceptors (Lipinski definition) is 4. The Hall–Kier alpha value is -1.83. The van der Waals surface area contributed by atoms with E-state index in [-0.39, 0.29) is 11.4 Å². The molecular weight excluding hydrogens is 380 g/mol. The quantitative estimate of drug-likeness (QED) is 0.470. The molecule has 3 aliphatic rings. The first-order chi connectivity index (χ1) is 14.7. The molecule has 1 amide bonds. The van der Waals surface area contributed by atoms with Crippen molar-refractivity contribution in [2.75, 3.05) is 70.5 Å². The number of aromatic hydroxyl groups is 1. The molecule has 0 atom stereocenters. The molecule has 3 fully saturated rings. The van der Waals surface area contributed by atoms with Crippen LogP contribution in [-0.4, -0.2) is 82.1 Å². The highest BCUT2D eigenvalue weighted by molar-refractivity contribution is 5.76. The highest BCUT2D eigenvalue weighted by Crippen LogP contribution is 2.26. The minimum atomic E-state index is 0.179. The van der Waals surface area contributed by atoms with E-state index in [1.807, 2.05) is 18.2 Å². The average Bonchev–Trinajstić information content (AvgIpc) is 2.80. The number of anilines is 1. The molecule has 7 nitrogen and oxygen atoms in total. The first-order valence-corrected chi connectivity index (χ1v) is 11.7. The van der Waals surface area contributed by atoms with Gasteiger partial charge in [-0.05, 0) is 25.0 Å². The number of hydrogen-bond donors (Lipinski definition) is 4. The second-order valence-corrected chi connectivity index (χ2v) is 9.24. The van der Waals surface area contributed by atoms with Crippen LogP contribution in [0.1, 0.15) is 32.1 Å². The van der Waals surface area contributed by atoms with Gasteiger partial charge in [0.2, 0.25) is 0 Å². The Balaban J connectivity index is 1.26. The summed E-state index contributed by atoms with van der Waals surface area (Å²) in [5.41, 5.74) is 1.10. The van der Waals surface area contributed by atoms with Crippen LogP contribution in [0, 0.1) is 0 Å². The number of carbonyl (C=O) groups excluding carboxylic acids is 1. The number of rotatable bonds is 6. The minimum Gasteiger partial charge on any atom is -0.506 e. The molecule has 4 rings (SSSR count). The van der Waals surface area contributed by atoms with Gasteiger partial charge >= 0.3 is 0 Å². The van der Waals surface area contributed by atoms with Gasteiger partial charge in [0.25, 0.3) is 5.91 Å². The van der Waals surface area contributed by atoms with Crippen LogP contribution in [0.5, 0.6) is 5.75 Å². The zero-order chi connectivity index (χ0) is 20.8. The molecule has 0 unspecified atom stereocenters. The van der Waals surface area contributed by atoms with Gasteiger partial charge in [0.1, 0.15) is 24.4 Å². The molecule has 0 spiro atoms. The zero-order valence-electron chi connectivity index (χ0n) is 18.1. The van der Waals surface area contributed by atoms with Gasteiger partial charge < -0.3 is 29.9 Å². The SMILES string of the molecule is O=C(C[NH+]1CCN(c2ccccc2O)CC1)NCC1([NH+]2CCOCC2)CCCCC1. The molecule has 2 saturated heterocycles. The Morgan fingerprint density at radius 2 is 1.77 bits per heavy atom. The van der Waals surface area contributed by atoms with E-state index in [2.05, 4.69) is 10.2 Å². The van der Waals surface area contributed by atoms with Crippen molar-refractivity contribution in [3.63, 3.8) is 0 Å². The number of quaternary nitrogens is 2. The molecule has 4 N–H and O–H groups in total. The van der Waals surface area contributed by atoms with E-state index in [1.54, 1.807) is 11.0 Å². The maximum atomic E-state index is 12.8. The Morgan fingerprint density at radius 1 is 1.07 bits per heavy atom. The highest BCUT2D eigenvalue weighted by atomic mass is 16.5. The minimum absolute atomic E-state index is 0.179. The molecule has 2 aliphatic heterocycles. The van der Waals surface area contributed by atoms with E-state index in [0.29, 0.717) is 12.3 Å². The molecule has 0 bridgehead atoms. The topological polar surface area (TPSA) is 70.7 Å². The lowest BCUT2D eigenvalue weighted by Crippen LogP contribution is -3.23. The van der Waals surface area contributed by atoms with Gasteiger partial charge in [0.15, 0.2) is 6.54 Å². The lowest BCUT2D eigenvalue weighted by molar-refractivity contribution is -0.960. The van der Waals surface area contributed by atoms with E-state index in [0.717, 1.165) is 64.7 Å². The Bertz CT molecular complexity index is 693. The number of ether oxygens (including phenoxy) is 1. The van der Waals surface area contributed by atoms with Gasteiger partial charge in [0.05, 0.1) is 51.6 Å². The third kappa shape index (κ3) is 5.07. The molecule has 0 aromatic heterocycles. The Kier molecular flexibility index (Phi) is 7.12. The summed E-state index contributed by atoms with van der Waals surface area (Å²) in [5.74, 6) is 0.515. The van der Waals surface area contributed by atoms with Gasteiger partial charge in [-0.2, -0.15) is 0 Å². The second kappa shape index (κ2) is 9.98. The molecule has 166 valence electrons. The second-order valence-electron chi connectivity index (χ2n) is 9.24. The summed E-state index contributed by atoms with van der Waals surface area (Å²) in [6.45, 7) is 8.73. The molecule has 1 aliphatic carbocycles. The fourth-order valence-electron chi connectivity index (χ4n) is 5.56. The summed E-state index contributed by atoms with van der Waals surface area (Å²) in [6.07, 6.45) is 6.31. The van der Waals surface area contributed by atoms with Crippen LogP contribution in [0.2, 0.25) is 0 Å². The van der Waals surface area contributed by atoms with Gasteiger partial charge in [-0.3, -0.25) is 4.79 Å². The lowest BCUT2D eigenvalue weighted by Gasteiger charge is -2.45. The molecular formula is C23H38N4O3+2. The summed E-state index contributed by atoms with van der Waals surface area (Å²) >= 11 is 0. The first-order valence-electron chi connectivity index (χ1n) is 11.7. The van der Waals surface area contributed by atoms with Crippen molar-refractivity contribution >= 4 is 11.6 Å². The van der Waals surface area contributed by atoms with Crippen molar-refractivity contribution in [1.29, 1.82) is 0 Å². The number of phenolic OH excluding ortho intramolecular Hbond substituents is 1. The van der Waals surface area contributed by atoms with Crippen LogP contribution in [-0.2, 0) is 9.53 Å². The third-order valence-electron chi connectivity index (χ3n) is 7.38. The molecule has 1 aromatic carbocycles. The van der Waals surface area contributed by atoms with Crippen molar-refractivity contribution in [1.82, 2.24) is 5.32 Å². The van der Waals surface area contributed by atoms with Crippen LogP contribution in [0.3, 0.4) is 0 Å². The average molecular weight is 419 g/mol. The van der Waals surface area contributed by atoms with Crippen molar-refractivity contribution in [3.8, 4) is 5.75 Å². The smallest absolute Gasteiger partial charge is 0.275 e. The highest BCUT2D eigenvalue weighted by Gasteiger charge is 2.42. The van der Waals surface area contributed by atoms with Crippen molar-refractivity contribution in [2.45, 2.75) is 37.6 Å². The van der Waals surface area contributed by atoms with Crippen LogP contribution >= 0.6 is 0 Å². The Labute approximate surface area is 180 Å². The van der Waals surface area contributed by atoms with Crippen LogP contribution in [0.15, 0.2) is 24.3 Å². The van der Waals surface area contributed by atoms with E-state index < -0.39 is 0 Å². The molecule has 2 heterocycles. The normalized spacial score (nSPS) is 23.3. The number of morpholine rings is 1. The molecule has 0 radical (unpaired) electrons.